The number of carbonyl (C=O) groups excluding carboxylic acids is 1. The Balaban J connectivity index is 2.15. The molecule has 0 fully saturated rings. The van der Waals surface area contributed by atoms with E-state index in [1.54, 1.807) is 24.3 Å². The number of aryl methyl sites for hydroxylation is 1. The second kappa shape index (κ2) is 6.97. The molecule has 2 heterocycles. The van der Waals surface area contributed by atoms with Gasteiger partial charge >= 0.3 is 5.91 Å². The fourth-order valence-corrected chi connectivity index (χ4v) is 3.69. The lowest BCUT2D eigenvalue weighted by atomic mass is 10.1. The number of hydrogen-bond donors (Lipinski definition) is 0. The van der Waals surface area contributed by atoms with Crippen molar-refractivity contribution in [2.75, 3.05) is 0 Å². The first-order valence-electron chi connectivity index (χ1n) is 7.75. The van der Waals surface area contributed by atoms with Crippen LogP contribution in [0, 0.1) is 5.82 Å². The third-order valence-corrected chi connectivity index (χ3v) is 4.89. The molecule has 0 aliphatic carbocycles. The van der Waals surface area contributed by atoms with Gasteiger partial charge in [0, 0.05) is 11.4 Å². The van der Waals surface area contributed by atoms with Crippen LogP contribution in [0.1, 0.15) is 29.3 Å². The molecule has 1 amide bonds. The number of furan rings is 1. The molecule has 0 unspecified atom stereocenters. The minimum absolute atomic E-state index is 0.215. The summed E-state index contributed by atoms with van der Waals surface area (Å²) in [6, 6.07) is 9.64. The maximum Gasteiger partial charge on any atom is 0.315 e. The predicted molar refractivity (Wildman–Crippen MR) is 91.4 cm³/mol. The monoisotopic (exact) mass is 344 g/mol. The molecule has 0 bridgehead atoms. The van der Waals surface area contributed by atoms with Gasteiger partial charge in [-0.15, -0.1) is 11.3 Å². The molecule has 24 heavy (non-hydrogen) atoms. The van der Waals surface area contributed by atoms with Gasteiger partial charge in [-0.05, 0) is 55.3 Å². The summed E-state index contributed by atoms with van der Waals surface area (Å²) in [7, 11) is 0. The Hall–Kier alpha value is -2.47. The molecule has 0 saturated carbocycles. The van der Waals surface area contributed by atoms with Crippen molar-refractivity contribution >= 4 is 17.2 Å². The Morgan fingerprint density at radius 3 is 2.58 bits per heavy atom. The van der Waals surface area contributed by atoms with E-state index in [9.17, 15) is 9.18 Å². The predicted octanol–water partition coefficient (Wildman–Crippen LogP) is 4.27. The number of nitrogens with zero attached hydrogens (tertiary/aromatic N) is 2. The third kappa shape index (κ3) is 3.10. The zero-order valence-corrected chi connectivity index (χ0v) is 14.3. The summed E-state index contributed by atoms with van der Waals surface area (Å²) in [6.45, 7) is 4.71. The van der Waals surface area contributed by atoms with E-state index in [4.69, 9.17) is 4.42 Å². The van der Waals surface area contributed by atoms with Crippen molar-refractivity contribution in [1.29, 1.82) is 0 Å². The van der Waals surface area contributed by atoms with Crippen molar-refractivity contribution in [2.45, 2.75) is 26.8 Å². The van der Waals surface area contributed by atoms with E-state index in [1.807, 2.05) is 11.5 Å². The SMILES string of the molecule is CCc1sc(=NC(=O)c2ccco2)n(CC)c1-c1ccc(F)cc1. The first-order chi connectivity index (χ1) is 11.6. The summed E-state index contributed by atoms with van der Waals surface area (Å²) in [4.78, 5) is 18.2. The minimum atomic E-state index is -0.406. The van der Waals surface area contributed by atoms with Crippen molar-refractivity contribution in [3.05, 3.63) is 63.9 Å². The van der Waals surface area contributed by atoms with Gasteiger partial charge in [0.1, 0.15) is 5.82 Å². The molecule has 0 spiro atoms. The lowest BCUT2D eigenvalue weighted by Gasteiger charge is -2.08. The molecule has 0 aliphatic rings. The van der Waals surface area contributed by atoms with Crippen LogP contribution >= 0.6 is 11.3 Å². The number of aromatic nitrogens is 1. The van der Waals surface area contributed by atoms with E-state index in [0.717, 1.165) is 22.6 Å². The van der Waals surface area contributed by atoms with E-state index >= 15 is 0 Å². The zero-order valence-electron chi connectivity index (χ0n) is 13.5. The standard InChI is InChI=1S/C18H17FN2O2S/c1-3-15-16(12-7-9-13(19)10-8-12)21(4-2)18(24-15)20-17(22)14-6-5-11-23-14/h5-11H,3-4H2,1-2H3. The number of hydrogen-bond acceptors (Lipinski definition) is 3. The number of benzene rings is 1. The van der Waals surface area contributed by atoms with Gasteiger partial charge in [0.2, 0.25) is 0 Å². The fourth-order valence-electron chi connectivity index (χ4n) is 2.54. The van der Waals surface area contributed by atoms with E-state index in [0.29, 0.717) is 11.3 Å². The average Bonchev–Trinajstić information content (AvgIpc) is 3.23. The molecular formula is C18H17FN2O2S. The highest BCUT2D eigenvalue weighted by Crippen LogP contribution is 2.26. The fraction of sp³-hybridized carbons (Fsp3) is 0.222. The van der Waals surface area contributed by atoms with Gasteiger partial charge in [-0.3, -0.25) is 4.79 Å². The molecular weight excluding hydrogens is 327 g/mol. The van der Waals surface area contributed by atoms with Crippen LogP contribution in [0.25, 0.3) is 11.3 Å². The molecule has 0 aliphatic heterocycles. The molecule has 0 saturated heterocycles. The molecule has 0 N–H and O–H groups in total. The second-order valence-electron chi connectivity index (χ2n) is 5.16. The molecule has 6 heteroatoms. The Bertz CT molecular complexity index is 906. The van der Waals surface area contributed by atoms with Crippen LogP contribution in [-0.4, -0.2) is 10.5 Å². The van der Waals surface area contributed by atoms with Crippen molar-refractivity contribution < 1.29 is 13.6 Å². The molecule has 4 nitrogen and oxygen atoms in total. The third-order valence-electron chi connectivity index (χ3n) is 3.66. The maximum absolute atomic E-state index is 13.2. The van der Waals surface area contributed by atoms with Gasteiger partial charge < -0.3 is 8.98 Å². The van der Waals surface area contributed by atoms with Crippen LogP contribution < -0.4 is 4.80 Å². The van der Waals surface area contributed by atoms with E-state index in [-0.39, 0.29) is 11.6 Å². The number of halogens is 1. The summed E-state index contributed by atoms with van der Waals surface area (Å²) >= 11 is 1.48. The average molecular weight is 344 g/mol. The van der Waals surface area contributed by atoms with E-state index < -0.39 is 5.91 Å². The molecule has 3 rings (SSSR count). The van der Waals surface area contributed by atoms with Gasteiger partial charge in [0.25, 0.3) is 0 Å². The van der Waals surface area contributed by atoms with Gasteiger partial charge in [-0.25, -0.2) is 4.39 Å². The highest BCUT2D eigenvalue weighted by atomic mass is 32.1. The van der Waals surface area contributed by atoms with E-state index in [1.165, 1.54) is 29.7 Å². The lowest BCUT2D eigenvalue weighted by molar-refractivity contribution is 0.0971. The number of amides is 1. The minimum Gasteiger partial charge on any atom is -0.459 e. The van der Waals surface area contributed by atoms with Crippen molar-refractivity contribution in [1.82, 2.24) is 4.57 Å². The Kier molecular flexibility index (Phi) is 4.76. The Morgan fingerprint density at radius 2 is 2.00 bits per heavy atom. The zero-order chi connectivity index (χ0) is 17.1. The molecule has 0 atom stereocenters. The van der Waals surface area contributed by atoms with Crippen molar-refractivity contribution in [2.24, 2.45) is 4.99 Å². The van der Waals surface area contributed by atoms with Gasteiger partial charge in [-0.2, -0.15) is 4.99 Å². The number of rotatable bonds is 4. The quantitative estimate of drug-likeness (QED) is 0.709. The lowest BCUT2D eigenvalue weighted by Crippen LogP contribution is -2.17. The molecule has 2 aromatic heterocycles. The summed E-state index contributed by atoms with van der Waals surface area (Å²) < 4.78 is 20.3. The molecule has 0 radical (unpaired) electrons. The van der Waals surface area contributed by atoms with Crippen LogP contribution in [0.4, 0.5) is 4.39 Å². The van der Waals surface area contributed by atoms with Crippen molar-refractivity contribution in [3.8, 4) is 11.3 Å². The molecule has 124 valence electrons. The molecule has 1 aromatic carbocycles. The highest BCUT2D eigenvalue weighted by molar-refractivity contribution is 7.09. The van der Waals surface area contributed by atoms with Gasteiger partial charge in [0.15, 0.2) is 10.6 Å². The van der Waals surface area contributed by atoms with Crippen LogP contribution in [-0.2, 0) is 13.0 Å². The van der Waals surface area contributed by atoms with Crippen LogP contribution in [0.15, 0.2) is 52.1 Å². The number of carbonyl (C=O) groups is 1. The van der Waals surface area contributed by atoms with Crippen LogP contribution in [0.5, 0.6) is 0 Å². The van der Waals surface area contributed by atoms with E-state index in [2.05, 4.69) is 11.9 Å². The smallest absolute Gasteiger partial charge is 0.315 e. The van der Waals surface area contributed by atoms with Gasteiger partial charge in [0.05, 0.1) is 12.0 Å². The van der Waals surface area contributed by atoms with Gasteiger partial charge in [-0.1, -0.05) is 6.92 Å². The summed E-state index contributed by atoms with van der Waals surface area (Å²) in [6.07, 6.45) is 2.26. The van der Waals surface area contributed by atoms with Crippen molar-refractivity contribution in [3.63, 3.8) is 0 Å². The number of thiazole rings is 1. The first kappa shape index (κ1) is 16.4. The Morgan fingerprint density at radius 1 is 1.25 bits per heavy atom. The summed E-state index contributed by atoms with van der Waals surface area (Å²) in [5.74, 6) is -0.461. The van der Waals surface area contributed by atoms with Crippen LogP contribution in [0.2, 0.25) is 0 Å². The maximum atomic E-state index is 13.2. The summed E-state index contributed by atoms with van der Waals surface area (Å²) in [5.41, 5.74) is 1.90. The first-order valence-corrected chi connectivity index (χ1v) is 8.56. The largest absolute Gasteiger partial charge is 0.459 e. The topological polar surface area (TPSA) is 47.5 Å². The highest BCUT2D eigenvalue weighted by Gasteiger charge is 2.15. The Labute approximate surface area is 142 Å². The second-order valence-corrected chi connectivity index (χ2v) is 6.22. The summed E-state index contributed by atoms with van der Waals surface area (Å²) in [5, 5.41) is 0. The molecule has 3 aromatic rings. The normalized spacial score (nSPS) is 11.9. The van der Waals surface area contributed by atoms with Crippen LogP contribution in [0.3, 0.4) is 0 Å².